The van der Waals surface area contributed by atoms with Crippen LogP contribution in [-0.2, 0) is 0 Å². The number of nitrogens with zero attached hydrogens (tertiary/aromatic N) is 4. The van der Waals surface area contributed by atoms with E-state index in [2.05, 4.69) is 9.98 Å². The molecule has 0 radical (unpaired) electrons. The van der Waals surface area contributed by atoms with Crippen molar-refractivity contribution in [2.24, 2.45) is 9.98 Å². The molecule has 0 aliphatic heterocycles. The Hall–Kier alpha value is -5.70. The number of aliphatic imine (C=N–C) groups is 2. The molecule has 0 aliphatic carbocycles. The van der Waals surface area contributed by atoms with Crippen LogP contribution in [0.1, 0.15) is 11.1 Å². The molecule has 0 heterocycles. The lowest BCUT2D eigenvalue weighted by Gasteiger charge is -2.06. The fourth-order valence-corrected chi connectivity index (χ4v) is 3.32. The summed E-state index contributed by atoms with van der Waals surface area (Å²) in [6.45, 7) is 0. The fourth-order valence-electron chi connectivity index (χ4n) is 3.32. The minimum Gasteiger partial charge on any atom is -0.457 e. The molecular weight excluding hydrogens is 496 g/mol. The van der Waals surface area contributed by atoms with Gasteiger partial charge in [-0.15, -0.1) is 0 Å². The Morgan fingerprint density at radius 2 is 0.897 bits per heavy atom. The number of hydrogen-bond donors (Lipinski definition) is 0. The first-order chi connectivity index (χ1) is 19.0. The average Bonchev–Trinajstić information content (AvgIpc) is 2.95. The smallest absolute Gasteiger partial charge is 0.269 e. The Labute approximate surface area is 224 Å². The summed E-state index contributed by atoms with van der Waals surface area (Å²) in [4.78, 5) is 29.3. The van der Waals surface area contributed by atoms with E-state index in [1.54, 1.807) is 48.8 Å². The third-order valence-corrected chi connectivity index (χ3v) is 5.31. The molecule has 0 amide bonds. The molecule has 192 valence electrons. The van der Waals surface area contributed by atoms with Crippen LogP contribution in [0.25, 0.3) is 12.2 Å². The van der Waals surface area contributed by atoms with Crippen LogP contribution in [0.5, 0.6) is 11.5 Å². The molecule has 0 saturated heterocycles. The molecule has 4 aromatic rings. The van der Waals surface area contributed by atoms with Gasteiger partial charge in [0.15, 0.2) is 0 Å². The Morgan fingerprint density at radius 1 is 0.538 bits per heavy atom. The topological polar surface area (TPSA) is 120 Å². The number of nitro benzene ring substituents is 2. The lowest BCUT2D eigenvalue weighted by Crippen LogP contribution is -1.86. The van der Waals surface area contributed by atoms with E-state index in [4.69, 9.17) is 4.74 Å². The molecular formula is C30H22N4O5. The number of benzene rings is 4. The maximum Gasteiger partial charge on any atom is 0.269 e. The molecule has 0 aromatic heterocycles. The van der Waals surface area contributed by atoms with Gasteiger partial charge in [0.25, 0.3) is 11.4 Å². The fraction of sp³-hybridized carbons (Fsp3) is 0. The van der Waals surface area contributed by atoms with Gasteiger partial charge in [0.05, 0.1) is 21.2 Å². The largest absolute Gasteiger partial charge is 0.457 e. The first-order valence-corrected chi connectivity index (χ1v) is 11.7. The highest BCUT2D eigenvalue weighted by atomic mass is 16.6. The van der Waals surface area contributed by atoms with Crippen molar-refractivity contribution in [1.82, 2.24) is 0 Å². The molecule has 9 heteroatoms. The van der Waals surface area contributed by atoms with E-state index < -0.39 is 9.85 Å². The zero-order valence-electron chi connectivity index (χ0n) is 20.5. The summed E-state index contributed by atoms with van der Waals surface area (Å²) in [5, 5.41) is 21.4. The van der Waals surface area contributed by atoms with Crippen molar-refractivity contribution in [2.75, 3.05) is 0 Å². The molecule has 0 saturated carbocycles. The van der Waals surface area contributed by atoms with Crippen molar-refractivity contribution in [1.29, 1.82) is 0 Å². The normalized spacial score (nSPS) is 11.6. The molecule has 0 atom stereocenters. The van der Waals surface area contributed by atoms with Crippen LogP contribution in [0.4, 0.5) is 22.7 Å². The van der Waals surface area contributed by atoms with Gasteiger partial charge in [0.2, 0.25) is 0 Å². The van der Waals surface area contributed by atoms with Crippen LogP contribution in [-0.4, -0.2) is 22.3 Å². The summed E-state index contributed by atoms with van der Waals surface area (Å²) in [5.41, 5.74) is 3.29. The monoisotopic (exact) mass is 518 g/mol. The predicted molar refractivity (Wildman–Crippen MR) is 154 cm³/mol. The van der Waals surface area contributed by atoms with Crippen LogP contribution >= 0.6 is 0 Å². The number of hydrogen-bond acceptors (Lipinski definition) is 7. The third kappa shape index (κ3) is 8.16. The summed E-state index contributed by atoms with van der Waals surface area (Å²) in [5.74, 6) is 1.33. The SMILES string of the molecule is O=[N+]([O-])c1ccc(/C=C/C=Nc2ccc(Oc3ccc(N=C/C=C/c4ccc([N+](=O)[O-])cc4)cc3)cc2)cc1. The highest BCUT2D eigenvalue weighted by molar-refractivity contribution is 5.81. The maximum absolute atomic E-state index is 10.7. The molecule has 0 N–H and O–H groups in total. The van der Waals surface area contributed by atoms with Crippen LogP contribution in [0.15, 0.2) is 119 Å². The van der Waals surface area contributed by atoms with Crippen molar-refractivity contribution in [3.8, 4) is 11.5 Å². The first kappa shape index (κ1) is 26.4. The van der Waals surface area contributed by atoms with Crippen molar-refractivity contribution < 1.29 is 14.6 Å². The van der Waals surface area contributed by atoms with Crippen LogP contribution < -0.4 is 4.74 Å². The van der Waals surface area contributed by atoms with Crippen LogP contribution in [0.3, 0.4) is 0 Å². The molecule has 0 fully saturated rings. The summed E-state index contributed by atoms with van der Waals surface area (Å²) in [6, 6.07) is 27.2. The van der Waals surface area contributed by atoms with Crippen molar-refractivity contribution >= 4 is 47.3 Å². The summed E-state index contributed by atoms with van der Waals surface area (Å²) >= 11 is 0. The van der Waals surface area contributed by atoms with Gasteiger partial charge in [-0.1, -0.05) is 12.2 Å². The lowest BCUT2D eigenvalue weighted by molar-refractivity contribution is -0.385. The Bertz CT molecular complexity index is 1420. The highest BCUT2D eigenvalue weighted by Crippen LogP contribution is 2.26. The molecule has 0 spiro atoms. The van der Waals surface area contributed by atoms with Gasteiger partial charge in [-0.2, -0.15) is 0 Å². The minimum absolute atomic E-state index is 0.0544. The van der Waals surface area contributed by atoms with Crippen molar-refractivity contribution in [3.63, 3.8) is 0 Å². The Kier molecular flexibility index (Phi) is 8.80. The van der Waals surface area contributed by atoms with Gasteiger partial charge in [0.1, 0.15) is 11.5 Å². The highest BCUT2D eigenvalue weighted by Gasteiger charge is 2.03. The van der Waals surface area contributed by atoms with Crippen LogP contribution in [0.2, 0.25) is 0 Å². The maximum atomic E-state index is 10.7. The van der Waals surface area contributed by atoms with Crippen molar-refractivity contribution in [2.45, 2.75) is 0 Å². The van der Waals surface area contributed by atoms with E-state index >= 15 is 0 Å². The quantitative estimate of drug-likeness (QED) is 0.119. The number of nitro groups is 2. The molecule has 0 unspecified atom stereocenters. The van der Waals surface area contributed by atoms with E-state index in [9.17, 15) is 20.2 Å². The number of allylic oxidation sites excluding steroid dienone is 2. The third-order valence-electron chi connectivity index (χ3n) is 5.31. The second-order valence-corrected chi connectivity index (χ2v) is 8.06. The predicted octanol–water partition coefficient (Wildman–Crippen LogP) is 8.13. The molecule has 0 bridgehead atoms. The van der Waals surface area contributed by atoms with Gasteiger partial charge in [-0.05, 0) is 96.1 Å². The van der Waals surface area contributed by atoms with E-state index in [0.717, 1.165) is 22.5 Å². The van der Waals surface area contributed by atoms with E-state index in [1.165, 1.54) is 24.3 Å². The summed E-state index contributed by atoms with van der Waals surface area (Å²) in [7, 11) is 0. The molecule has 4 aromatic carbocycles. The second kappa shape index (κ2) is 13.0. The summed E-state index contributed by atoms with van der Waals surface area (Å²) in [6.07, 6.45) is 10.5. The second-order valence-electron chi connectivity index (χ2n) is 8.06. The van der Waals surface area contributed by atoms with Gasteiger partial charge < -0.3 is 4.74 Å². The van der Waals surface area contributed by atoms with E-state index in [-0.39, 0.29) is 11.4 Å². The van der Waals surface area contributed by atoms with Crippen LogP contribution in [0, 0.1) is 20.2 Å². The zero-order chi connectivity index (χ0) is 27.5. The van der Waals surface area contributed by atoms with E-state index in [0.29, 0.717) is 11.5 Å². The molecule has 0 aliphatic rings. The first-order valence-electron chi connectivity index (χ1n) is 11.7. The number of rotatable bonds is 10. The van der Waals surface area contributed by atoms with Gasteiger partial charge in [-0.3, -0.25) is 30.2 Å². The van der Waals surface area contributed by atoms with Crippen molar-refractivity contribution in [3.05, 3.63) is 141 Å². The summed E-state index contributed by atoms with van der Waals surface area (Å²) < 4.78 is 5.88. The number of ether oxygens (including phenoxy) is 1. The van der Waals surface area contributed by atoms with Gasteiger partial charge in [-0.25, -0.2) is 0 Å². The van der Waals surface area contributed by atoms with Gasteiger partial charge in [0, 0.05) is 36.7 Å². The molecule has 4 rings (SSSR count). The van der Waals surface area contributed by atoms with E-state index in [1.807, 2.05) is 60.7 Å². The number of non-ortho nitro benzene ring substituents is 2. The Balaban J connectivity index is 1.26. The lowest BCUT2D eigenvalue weighted by atomic mass is 10.2. The Morgan fingerprint density at radius 3 is 1.23 bits per heavy atom. The molecule has 39 heavy (non-hydrogen) atoms. The zero-order valence-corrected chi connectivity index (χ0v) is 20.5. The minimum atomic E-state index is -0.430. The molecule has 9 nitrogen and oxygen atoms in total. The average molecular weight is 519 g/mol. The standard InChI is InChI=1S/C30H22N4O5/c35-33(36)27-13-5-23(6-14-27)3-1-21-31-25-9-17-29(18-10-25)39-30-19-11-26(12-20-30)32-22-2-4-24-7-15-28(16-8-24)34(37)38/h1-22H/b3-1+,4-2+,31-21?,32-22?. The van der Waals surface area contributed by atoms with Gasteiger partial charge >= 0.3 is 0 Å².